The summed E-state index contributed by atoms with van der Waals surface area (Å²) in [5.41, 5.74) is 4.46. The molecule has 0 aliphatic carbocycles. The summed E-state index contributed by atoms with van der Waals surface area (Å²) in [5.74, 6) is 1.44. The van der Waals surface area contributed by atoms with Gasteiger partial charge in [-0.1, -0.05) is 32.0 Å². The predicted molar refractivity (Wildman–Crippen MR) is 117 cm³/mol. The Morgan fingerprint density at radius 1 is 1.24 bits per heavy atom. The molecule has 1 atom stereocenters. The number of nitrogens with zero attached hydrogens (tertiary/aromatic N) is 3. The molecule has 1 unspecified atom stereocenters. The number of aryl methyl sites for hydroxylation is 1. The minimum atomic E-state index is 0.0485. The van der Waals surface area contributed by atoms with Gasteiger partial charge in [-0.05, 0) is 51.9 Å². The van der Waals surface area contributed by atoms with Crippen LogP contribution in [0, 0.1) is 19.8 Å². The van der Waals surface area contributed by atoms with E-state index in [-0.39, 0.29) is 11.9 Å². The van der Waals surface area contributed by atoms with Crippen molar-refractivity contribution in [1.29, 1.82) is 0 Å². The molecular formula is C23H36N4O2. The lowest BCUT2D eigenvalue weighted by molar-refractivity contribution is -0.121. The molecule has 6 heteroatoms. The summed E-state index contributed by atoms with van der Waals surface area (Å²) < 4.78 is 7.56. The van der Waals surface area contributed by atoms with Crippen LogP contribution in [0.5, 0.6) is 5.75 Å². The third-order valence-corrected chi connectivity index (χ3v) is 5.29. The molecule has 0 saturated heterocycles. The normalized spacial score (nSPS) is 12.4. The number of hydrogen-bond donors (Lipinski definition) is 1. The minimum absolute atomic E-state index is 0.0485. The molecular weight excluding hydrogens is 364 g/mol. The zero-order valence-electron chi connectivity index (χ0n) is 19.0. The van der Waals surface area contributed by atoms with Crippen molar-refractivity contribution >= 4 is 5.91 Å². The van der Waals surface area contributed by atoms with Gasteiger partial charge in [0, 0.05) is 30.8 Å². The average Bonchev–Trinajstić information content (AvgIpc) is 2.92. The second-order valence-corrected chi connectivity index (χ2v) is 8.25. The fourth-order valence-corrected chi connectivity index (χ4v) is 3.67. The molecule has 6 nitrogen and oxygen atoms in total. The number of ether oxygens (including phenoxy) is 1. The van der Waals surface area contributed by atoms with Gasteiger partial charge >= 0.3 is 0 Å². The van der Waals surface area contributed by atoms with Crippen molar-refractivity contribution in [2.75, 3.05) is 27.7 Å². The Morgan fingerprint density at radius 3 is 2.55 bits per heavy atom. The largest absolute Gasteiger partial charge is 0.496 e. The van der Waals surface area contributed by atoms with Crippen LogP contribution >= 0.6 is 0 Å². The summed E-state index contributed by atoms with van der Waals surface area (Å²) in [4.78, 5) is 14.6. The molecule has 1 aromatic heterocycles. The molecule has 0 radical (unpaired) electrons. The number of hydrogen-bond acceptors (Lipinski definition) is 4. The van der Waals surface area contributed by atoms with Crippen LogP contribution in [-0.2, 0) is 17.8 Å². The summed E-state index contributed by atoms with van der Waals surface area (Å²) in [7, 11) is 5.70. The van der Waals surface area contributed by atoms with Crippen LogP contribution in [0.3, 0.4) is 0 Å². The Morgan fingerprint density at radius 2 is 1.93 bits per heavy atom. The van der Waals surface area contributed by atoms with Crippen molar-refractivity contribution < 1.29 is 9.53 Å². The lowest BCUT2D eigenvalue weighted by Crippen LogP contribution is -2.34. The maximum Gasteiger partial charge on any atom is 0.220 e. The van der Waals surface area contributed by atoms with E-state index in [4.69, 9.17) is 4.74 Å². The lowest BCUT2D eigenvalue weighted by atomic mass is 10.0. The maximum atomic E-state index is 12.5. The van der Waals surface area contributed by atoms with Crippen molar-refractivity contribution in [2.24, 2.45) is 5.92 Å². The van der Waals surface area contributed by atoms with E-state index in [0.29, 0.717) is 25.3 Å². The molecule has 1 aromatic carbocycles. The summed E-state index contributed by atoms with van der Waals surface area (Å²) in [6.45, 7) is 9.94. The van der Waals surface area contributed by atoms with Crippen LogP contribution in [0.1, 0.15) is 48.8 Å². The lowest BCUT2D eigenvalue weighted by Gasteiger charge is -2.26. The van der Waals surface area contributed by atoms with Gasteiger partial charge < -0.3 is 15.0 Å². The van der Waals surface area contributed by atoms with E-state index in [0.717, 1.165) is 23.6 Å². The van der Waals surface area contributed by atoms with Gasteiger partial charge in [0.05, 0.1) is 18.8 Å². The second kappa shape index (κ2) is 10.4. The monoisotopic (exact) mass is 400 g/mol. The number of amides is 1. The Bertz CT molecular complexity index is 811. The summed E-state index contributed by atoms with van der Waals surface area (Å²) in [6, 6.07) is 8.00. The number of methoxy groups -OCH3 is 1. The van der Waals surface area contributed by atoms with Crippen LogP contribution in [-0.4, -0.2) is 48.3 Å². The van der Waals surface area contributed by atoms with Crippen molar-refractivity contribution in [3.63, 3.8) is 0 Å². The minimum Gasteiger partial charge on any atom is -0.496 e. The Labute approximate surface area is 175 Å². The van der Waals surface area contributed by atoms with E-state index >= 15 is 0 Å². The Kier molecular flexibility index (Phi) is 8.26. The van der Waals surface area contributed by atoms with Crippen molar-refractivity contribution in [3.05, 3.63) is 46.8 Å². The fourth-order valence-electron chi connectivity index (χ4n) is 3.67. The molecule has 0 aliphatic heterocycles. The molecule has 1 N–H and O–H groups in total. The van der Waals surface area contributed by atoms with Gasteiger partial charge in [0.1, 0.15) is 5.75 Å². The number of aromatic nitrogens is 2. The molecule has 29 heavy (non-hydrogen) atoms. The first kappa shape index (κ1) is 22.9. The SMILES string of the molecule is COc1ccccc1C(CNC(=O)CCc1c(C)nn(CC(C)C)c1C)N(C)C. The standard InChI is InChI=1S/C23H36N4O2/c1-16(2)15-27-18(4)19(17(3)25-27)12-13-23(28)24-14-21(26(5)6)20-10-8-9-11-22(20)29-7/h8-11,16,21H,12-15H2,1-7H3,(H,24,28). The third-order valence-electron chi connectivity index (χ3n) is 5.29. The highest BCUT2D eigenvalue weighted by Crippen LogP contribution is 2.27. The fraction of sp³-hybridized carbons (Fsp3) is 0.565. The highest BCUT2D eigenvalue weighted by molar-refractivity contribution is 5.76. The van der Waals surface area contributed by atoms with Crippen molar-refractivity contribution in [2.45, 2.75) is 53.1 Å². The first-order valence-electron chi connectivity index (χ1n) is 10.3. The number of carbonyl (C=O) groups excluding carboxylic acids is 1. The van der Waals surface area contributed by atoms with Gasteiger partial charge in [-0.2, -0.15) is 5.10 Å². The number of carbonyl (C=O) groups is 1. The van der Waals surface area contributed by atoms with Crippen LogP contribution in [0.25, 0.3) is 0 Å². The molecule has 2 aromatic rings. The molecule has 1 heterocycles. The van der Waals surface area contributed by atoms with E-state index in [1.807, 2.05) is 45.3 Å². The molecule has 0 aliphatic rings. The van der Waals surface area contributed by atoms with E-state index in [1.54, 1.807) is 7.11 Å². The number of para-hydroxylation sites is 1. The molecule has 0 saturated carbocycles. The van der Waals surface area contributed by atoms with Gasteiger partial charge in [-0.15, -0.1) is 0 Å². The summed E-state index contributed by atoms with van der Waals surface area (Å²) in [5, 5.41) is 7.75. The number of likely N-dealkylation sites (N-methyl/N-ethyl adjacent to an activating group) is 1. The van der Waals surface area contributed by atoms with Gasteiger partial charge in [0.25, 0.3) is 0 Å². The highest BCUT2D eigenvalue weighted by Gasteiger charge is 2.19. The highest BCUT2D eigenvalue weighted by atomic mass is 16.5. The van der Waals surface area contributed by atoms with Gasteiger partial charge in [-0.3, -0.25) is 9.48 Å². The van der Waals surface area contributed by atoms with E-state index in [9.17, 15) is 4.79 Å². The van der Waals surface area contributed by atoms with E-state index in [1.165, 1.54) is 11.3 Å². The smallest absolute Gasteiger partial charge is 0.220 e. The molecule has 0 fully saturated rings. The molecule has 1 amide bonds. The molecule has 0 spiro atoms. The zero-order chi connectivity index (χ0) is 21.6. The predicted octanol–water partition coefficient (Wildman–Crippen LogP) is 3.52. The molecule has 0 bridgehead atoms. The quantitative estimate of drug-likeness (QED) is 0.663. The first-order valence-corrected chi connectivity index (χ1v) is 10.3. The number of rotatable bonds is 10. The summed E-state index contributed by atoms with van der Waals surface area (Å²) in [6.07, 6.45) is 1.17. The maximum absolute atomic E-state index is 12.5. The van der Waals surface area contributed by atoms with Gasteiger partial charge in [-0.25, -0.2) is 0 Å². The van der Waals surface area contributed by atoms with Crippen molar-refractivity contribution in [3.8, 4) is 5.75 Å². The topological polar surface area (TPSA) is 59.4 Å². The summed E-state index contributed by atoms with van der Waals surface area (Å²) >= 11 is 0. The van der Waals surface area contributed by atoms with Gasteiger partial charge in [0.15, 0.2) is 0 Å². The van der Waals surface area contributed by atoms with Crippen LogP contribution in [0.2, 0.25) is 0 Å². The zero-order valence-corrected chi connectivity index (χ0v) is 19.0. The van der Waals surface area contributed by atoms with Crippen LogP contribution in [0.15, 0.2) is 24.3 Å². The van der Waals surface area contributed by atoms with E-state index < -0.39 is 0 Å². The Balaban J connectivity index is 1.98. The van der Waals surface area contributed by atoms with Gasteiger partial charge in [0.2, 0.25) is 5.91 Å². The Hall–Kier alpha value is -2.34. The molecule has 2 rings (SSSR count). The molecule has 160 valence electrons. The average molecular weight is 401 g/mol. The van der Waals surface area contributed by atoms with Crippen molar-refractivity contribution in [1.82, 2.24) is 20.0 Å². The van der Waals surface area contributed by atoms with E-state index in [2.05, 4.69) is 40.8 Å². The van der Waals surface area contributed by atoms with Crippen LogP contribution < -0.4 is 10.1 Å². The first-order chi connectivity index (χ1) is 13.7. The third kappa shape index (κ3) is 6.07. The number of benzene rings is 1. The van der Waals surface area contributed by atoms with Crippen LogP contribution in [0.4, 0.5) is 0 Å². The second-order valence-electron chi connectivity index (χ2n) is 8.25. The number of nitrogens with one attached hydrogen (secondary N) is 1.